The third kappa shape index (κ3) is 2.63. The van der Waals surface area contributed by atoms with E-state index in [1.165, 1.54) is 0 Å². The zero-order valence-electron chi connectivity index (χ0n) is 11.0. The van der Waals surface area contributed by atoms with Crippen LogP contribution in [0.2, 0.25) is 0 Å². The van der Waals surface area contributed by atoms with Crippen molar-refractivity contribution in [1.82, 2.24) is 9.29 Å². The van der Waals surface area contributed by atoms with Gasteiger partial charge in [-0.1, -0.05) is 18.2 Å². The summed E-state index contributed by atoms with van der Waals surface area (Å²) in [4.78, 5) is 4.72. The van der Waals surface area contributed by atoms with Crippen LogP contribution in [0.5, 0.6) is 0 Å². The molecule has 4 nitrogen and oxygen atoms in total. The molecule has 0 N–H and O–H groups in total. The number of aromatic nitrogens is 1. The van der Waals surface area contributed by atoms with Crippen LogP contribution in [0.25, 0.3) is 0 Å². The molecule has 0 amide bonds. The third-order valence-electron chi connectivity index (χ3n) is 3.64. The van der Waals surface area contributed by atoms with Crippen molar-refractivity contribution < 1.29 is 8.42 Å². The zero-order valence-corrected chi connectivity index (χ0v) is 12.6. The van der Waals surface area contributed by atoms with E-state index in [0.717, 1.165) is 17.8 Å². The lowest BCUT2D eigenvalue weighted by atomic mass is 9.99. The summed E-state index contributed by atoms with van der Waals surface area (Å²) in [6, 6.07) is 8.66. The van der Waals surface area contributed by atoms with Crippen molar-refractivity contribution >= 4 is 21.4 Å². The summed E-state index contributed by atoms with van der Waals surface area (Å²) in [7, 11) is -3.34. The standard InChI is InChI=1S/C14H16N2O2S2/c17-20(18,13-4-2-1-3-5-13)16-9-6-12(7-10-16)14-15-8-11-19-14/h1-5,8,11-12H,6-7,9-10H2. The molecule has 2 aromatic rings. The Bertz CT molecular complexity index is 646. The van der Waals surface area contributed by atoms with Crippen molar-refractivity contribution in [1.29, 1.82) is 0 Å². The molecular weight excluding hydrogens is 292 g/mol. The highest BCUT2D eigenvalue weighted by atomic mass is 32.2. The van der Waals surface area contributed by atoms with E-state index in [9.17, 15) is 8.42 Å². The highest BCUT2D eigenvalue weighted by Gasteiger charge is 2.30. The molecule has 2 heterocycles. The molecule has 0 unspecified atom stereocenters. The summed E-state index contributed by atoms with van der Waals surface area (Å²) in [5, 5.41) is 3.10. The first-order valence-electron chi connectivity index (χ1n) is 6.62. The first-order chi connectivity index (χ1) is 9.68. The summed E-state index contributed by atoms with van der Waals surface area (Å²) < 4.78 is 26.6. The van der Waals surface area contributed by atoms with Gasteiger partial charge in [-0.05, 0) is 25.0 Å². The number of thiazole rings is 1. The van der Waals surface area contributed by atoms with E-state index in [1.54, 1.807) is 39.9 Å². The van der Waals surface area contributed by atoms with E-state index in [4.69, 9.17) is 0 Å². The summed E-state index contributed by atoms with van der Waals surface area (Å²) in [6.07, 6.45) is 3.51. The smallest absolute Gasteiger partial charge is 0.243 e. The van der Waals surface area contributed by atoms with Crippen molar-refractivity contribution in [3.05, 3.63) is 46.9 Å². The number of piperidine rings is 1. The summed E-state index contributed by atoms with van der Waals surface area (Å²) >= 11 is 1.66. The second kappa shape index (κ2) is 5.63. The second-order valence-corrected chi connectivity index (χ2v) is 7.73. The molecule has 0 aliphatic carbocycles. The van der Waals surface area contributed by atoms with Gasteiger partial charge in [0.05, 0.1) is 9.90 Å². The van der Waals surface area contributed by atoms with Crippen molar-refractivity contribution in [2.75, 3.05) is 13.1 Å². The fourth-order valence-electron chi connectivity index (χ4n) is 2.52. The van der Waals surface area contributed by atoms with Gasteiger partial charge in [0.2, 0.25) is 10.0 Å². The SMILES string of the molecule is O=S(=O)(c1ccccc1)N1CCC(c2nccs2)CC1. The number of hydrogen-bond donors (Lipinski definition) is 0. The second-order valence-electron chi connectivity index (χ2n) is 4.86. The van der Waals surface area contributed by atoms with Crippen LogP contribution in [0.15, 0.2) is 46.8 Å². The zero-order chi connectivity index (χ0) is 14.0. The Balaban J connectivity index is 1.72. The van der Waals surface area contributed by atoms with Crippen molar-refractivity contribution in [3.8, 4) is 0 Å². The Kier molecular flexibility index (Phi) is 3.87. The van der Waals surface area contributed by atoms with Gasteiger partial charge < -0.3 is 0 Å². The Labute approximate surface area is 123 Å². The maximum absolute atomic E-state index is 12.5. The van der Waals surface area contributed by atoms with Gasteiger partial charge in [-0.3, -0.25) is 0 Å². The molecule has 20 heavy (non-hydrogen) atoms. The largest absolute Gasteiger partial charge is 0.249 e. The Morgan fingerprint density at radius 2 is 1.85 bits per heavy atom. The molecule has 0 atom stereocenters. The van der Waals surface area contributed by atoms with Gasteiger partial charge in [0, 0.05) is 30.6 Å². The van der Waals surface area contributed by atoms with Gasteiger partial charge in [-0.15, -0.1) is 11.3 Å². The predicted molar refractivity (Wildman–Crippen MR) is 79.3 cm³/mol. The Morgan fingerprint density at radius 3 is 2.45 bits per heavy atom. The minimum atomic E-state index is -3.34. The van der Waals surface area contributed by atoms with E-state index in [-0.39, 0.29) is 0 Å². The summed E-state index contributed by atoms with van der Waals surface area (Å²) in [6.45, 7) is 1.14. The number of sulfonamides is 1. The summed E-state index contributed by atoms with van der Waals surface area (Å²) in [5.74, 6) is 0.400. The van der Waals surface area contributed by atoms with E-state index in [1.807, 2.05) is 17.6 Å². The molecule has 1 aromatic carbocycles. The molecule has 106 valence electrons. The highest BCUT2D eigenvalue weighted by molar-refractivity contribution is 7.89. The maximum atomic E-state index is 12.5. The summed E-state index contributed by atoms with van der Waals surface area (Å²) in [5.41, 5.74) is 0. The minimum Gasteiger partial charge on any atom is -0.249 e. The Hall–Kier alpha value is -1.24. The van der Waals surface area contributed by atoms with Crippen LogP contribution in [0.3, 0.4) is 0 Å². The number of nitrogens with zero attached hydrogens (tertiary/aromatic N) is 2. The maximum Gasteiger partial charge on any atom is 0.243 e. The minimum absolute atomic E-state index is 0.382. The quantitative estimate of drug-likeness (QED) is 0.876. The molecule has 6 heteroatoms. The monoisotopic (exact) mass is 308 g/mol. The normalized spacial score (nSPS) is 18.2. The van der Waals surface area contributed by atoms with E-state index in [0.29, 0.717) is 23.9 Å². The molecule has 1 fully saturated rings. The van der Waals surface area contributed by atoms with Crippen molar-refractivity contribution in [3.63, 3.8) is 0 Å². The van der Waals surface area contributed by atoms with Crippen LogP contribution in [-0.4, -0.2) is 30.8 Å². The first-order valence-corrected chi connectivity index (χ1v) is 8.94. The average molecular weight is 308 g/mol. The number of hydrogen-bond acceptors (Lipinski definition) is 4. The van der Waals surface area contributed by atoms with E-state index < -0.39 is 10.0 Å². The molecule has 1 aliphatic heterocycles. The molecule has 1 aliphatic rings. The Morgan fingerprint density at radius 1 is 1.15 bits per heavy atom. The lowest BCUT2D eigenvalue weighted by Gasteiger charge is -2.30. The lowest BCUT2D eigenvalue weighted by molar-refractivity contribution is 0.319. The number of benzene rings is 1. The fraction of sp³-hybridized carbons (Fsp3) is 0.357. The molecule has 1 saturated heterocycles. The van der Waals surface area contributed by atoms with Crippen LogP contribution < -0.4 is 0 Å². The first kappa shape index (κ1) is 13.7. The highest BCUT2D eigenvalue weighted by Crippen LogP contribution is 2.31. The lowest BCUT2D eigenvalue weighted by Crippen LogP contribution is -2.37. The van der Waals surface area contributed by atoms with Gasteiger partial charge >= 0.3 is 0 Å². The average Bonchev–Trinajstić information content (AvgIpc) is 3.02. The van der Waals surface area contributed by atoms with Gasteiger partial charge in [-0.25, -0.2) is 13.4 Å². The molecule has 0 radical (unpaired) electrons. The van der Waals surface area contributed by atoms with Gasteiger partial charge in [0.1, 0.15) is 0 Å². The molecular formula is C14H16N2O2S2. The van der Waals surface area contributed by atoms with Crippen LogP contribution in [-0.2, 0) is 10.0 Å². The topological polar surface area (TPSA) is 50.3 Å². The third-order valence-corrected chi connectivity index (χ3v) is 6.49. The van der Waals surface area contributed by atoms with Crippen molar-refractivity contribution in [2.45, 2.75) is 23.7 Å². The van der Waals surface area contributed by atoms with Crippen LogP contribution in [0, 0.1) is 0 Å². The molecule has 3 rings (SSSR count). The molecule has 0 saturated carbocycles. The van der Waals surface area contributed by atoms with Crippen LogP contribution in [0.4, 0.5) is 0 Å². The molecule has 1 aromatic heterocycles. The molecule has 0 spiro atoms. The van der Waals surface area contributed by atoms with E-state index >= 15 is 0 Å². The van der Waals surface area contributed by atoms with E-state index in [2.05, 4.69) is 4.98 Å². The van der Waals surface area contributed by atoms with Gasteiger partial charge in [0.15, 0.2) is 0 Å². The van der Waals surface area contributed by atoms with Crippen molar-refractivity contribution in [2.24, 2.45) is 0 Å². The predicted octanol–water partition coefficient (Wildman–Crippen LogP) is 2.71. The van der Waals surface area contributed by atoms with Gasteiger partial charge in [-0.2, -0.15) is 4.31 Å². The molecule has 0 bridgehead atoms. The fourth-order valence-corrected chi connectivity index (χ4v) is 4.82. The van der Waals surface area contributed by atoms with Crippen LogP contribution >= 0.6 is 11.3 Å². The van der Waals surface area contributed by atoms with Gasteiger partial charge in [0.25, 0.3) is 0 Å². The van der Waals surface area contributed by atoms with Crippen LogP contribution in [0.1, 0.15) is 23.8 Å². The number of rotatable bonds is 3.